The number of ether oxygens (including phenoxy) is 3. The fourth-order valence-electron chi connectivity index (χ4n) is 4.52. The van der Waals surface area contributed by atoms with Crippen molar-refractivity contribution in [2.75, 3.05) is 50.7 Å². The minimum absolute atomic E-state index is 0.00151. The normalized spacial score (nSPS) is 11.1. The molecule has 2 amide bonds. The summed E-state index contributed by atoms with van der Waals surface area (Å²) in [4.78, 5) is 23.1. The van der Waals surface area contributed by atoms with E-state index in [0.717, 1.165) is 62.6 Å². The van der Waals surface area contributed by atoms with Crippen molar-refractivity contribution in [3.63, 3.8) is 0 Å². The summed E-state index contributed by atoms with van der Waals surface area (Å²) in [6, 6.07) is 12.0. The monoisotopic (exact) mass is 647 g/mol. The SMILES string of the molecule is COC(=O)NCCCCSSCC(=O)NCCCOc1cc2cc3c(NCc4c(C)cccc4Cl)[nH][nH]c-3c2cc1OC. The summed E-state index contributed by atoms with van der Waals surface area (Å²) >= 11 is 6.41. The molecule has 10 nitrogen and oxygen atoms in total. The second kappa shape index (κ2) is 16.5. The summed E-state index contributed by atoms with van der Waals surface area (Å²) in [6.45, 7) is 4.21. The van der Waals surface area contributed by atoms with Gasteiger partial charge in [-0.2, -0.15) is 0 Å². The quantitative estimate of drug-likeness (QED) is 0.0642. The van der Waals surface area contributed by atoms with Gasteiger partial charge in [0.25, 0.3) is 0 Å². The van der Waals surface area contributed by atoms with Crippen LogP contribution in [0.3, 0.4) is 0 Å². The van der Waals surface area contributed by atoms with Crippen molar-refractivity contribution in [2.45, 2.75) is 32.7 Å². The van der Waals surface area contributed by atoms with Crippen LogP contribution in [0.4, 0.5) is 10.6 Å². The van der Waals surface area contributed by atoms with Crippen molar-refractivity contribution in [2.24, 2.45) is 0 Å². The van der Waals surface area contributed by atoms with Crippen molar-refractivity contribution in [1.29, 1.82) is 0 Å². The van der Waals surface area contributed by atoms with Gasteiger partial charge in [-0.15, -0.1) is 0 Å². The van der Waals surface area contributed by atoms with Crippen LogP contribution >= 0.6 is 33.2 Å². The number of aromatic nitrogens is 2. The Bertz CT molecular complexity index is 1460. The van der Waals surface area contributed by atoms with Crippen molar-refractivity contribution < 1.29 is 23.8 Å². The Morgan fingerprint density at radius 1 is 0.977 bits per heavy atom. The second-order valence-corrected chi connectivity index (χ2v) is 12.8. The van der Waals surface area contributed by atoms with Crippen molar-refractivity contribution in [3.05, 3.63) is 52.5 Å². The lowest BCUT2D eigenvalue weighted by atomic mass is 10.1. The fraction of sp³-hybridized carbons (Fsp3) is 0.400. The number of hydrogen-bond donors (Lipinski definition) is 5. The molecule has 4 rings (SSSR count). The maximum Gasteiger partial charge on any atom is 0.406 e. The molecule has 2 aliphatic rings. The Hall–Kier alpha value is -3.35. The summed E-state index contributed by atoms with van der Waals surface area (Å²) < 4.78 is 16.2. The van der Waals surface area contributed by atoms with Gasteiger partial charge >= 0.3 is 6.09 Å². The number of H-pyrrole nitrogens is 2. The van der Waals surface area contributed by atoms with Gasteiger partial charge in [0.2, 0.25) is 5.91 Å². The summed E-state index contributed by atoms with van der Waals surface area (Å²) in [7, 11) is 6.17. The van der Waals surface area contributed by atoms with E-state index in [0.29, 0.717) is 49.9 Å². The van der Waals surface area contributed by atoms with Gasteiger partial charge in [-0.1, -0.05) is 45.3 Å². The third-order valence-electron chi connectivity index (χ3n) is 6.83. The lowest BCUT2D eigenvalue weighted by Gasteiger charge is -2.11. The Balaban J connectivity index is 1.20. The Morgan fingerprint density at radius 3 is 2.60 bits per heavy atom. The number of rotatable bonds is 17. The minimum Gasteiger partial charge on any atom is -0.493 e. The smallest absolute Gasteiger partial charge is 0.406 e. The number of aromatic amines is 2. The van der Waals surface area contributed by atoms with E-state index < -0.39 is 6.09 Å². The van der Waals surface area contributed by atoms with Crippen LogP contribution in [0.15, 0.2) is 36.4 Å². The number of hydrogen-bond acceptors (Lipinski definition) is 8. The van der Waals surface area contributed by atoms with Crippen LogP contribution in [-0.4, -0.2) is 67.6 Å². The van der Waals surface area contributed by atoms with Gasteiger partial charge in [0, 0.05) is 41.4 Å². The number of methoxy groups -OCH3 is 2. The molecule has 1 aliphatic carbocycles. The number of fused-ring (bicyclic) bond motifs is 3. The third-order valence-corrected chi connectivity index (χ3v) is 9.54. The van der Waals surface area contributed by atoms with Gasteiger partial charge in [-0.05, 0) is 67.0 Å². The van der Waals surface area contributed by atoms with E-state index in [-0.39, 0.29) is 5.91 Å². The molecule has 0 unspecified atom stereocenters. The highest BCUT2D eigenvalue weighted by atomic mass is 35.5. The predicted molar refractivity (Wildman–Crippen MR) is 177 cm³/mol. The molecule has 1 heterocycles. The van der Waals surface area contributed by atoms with Crippen LogP contribution in [0.1, 0.15) is 30.4 Å². The Kier molecular flexibility index (Phi) is 12.5. The van der Waals surface area contributed by atoms with Gasteiger partial charge in [0.1, 0.15) is 5.82 Å². The zero-order valence-corrected chi connectivity index (χ0v) is 27.0. The average Bonchev–Trinajstić information content (AvgIpc) is 3.56. The number of alkyl carbamates (subject to hydrolysis) is 1. The summed E-state index contributed by atoms with van der Waals surface area (Å²) in [5.41, 5.74) is 4.21. The predicted octanol–water partition coefficient (Wildman–Crippen LogP) is 6.59. The van der Waals surface area contributed by atoms with E-state index in [1.54, 1.807) is 17.9 Å². The largest absolute Gasteiger partial charge is 0.493 e. The summed E-state index contributed by atoms with van der Waals surface area (Å²) in [5.74, 6) is 3.50. The van der Waals surface area contributed by atoms with E-state index in [1.807, 2.05) is 24.3 Å². The molecule has 0 fully saturated rings. The van der Waals surface area contributed by atoms with Crippen LogP contribution in [0, 0.1) is 6.92 Å². The van der Waals surface area contributed by atoms with Crippen LogP contribution in [-0.2, 0) is 16.1 Å². The average molecular weight is 648 g/mol. The highest BCUT2D eigenvalue weighted by molar-refractivity contribution is 8.76. The molecule has 2 aromatic carbocycles. The minimum atomic E-state index is -0.410. The standard InChI is InChI=1S/C30H38ClN5O5S2/c1-19-8-6-9-24(31)23(19)17-34-29-22-14-20-15-26(25(39-2)16-21(20)28(22)35-36-29)41-12-7-11-32-27(37)18-43-42-13-5-4-10-33-30(38)40-3/h6,8-9,14-16,34-36H,4-5,7,10-13,17-18H2,1-3H3,(H,32,37)(H,33,38). The van der Waals surface area contributed by atoms with Crippen LogP contribution < -0.4 is 25.4 Å². The van der Waals surface area contributed by atoms with E-state index in [2.05, 4.69) is 49.9 Å². The first-order chi connectivity index (χ1) is 20.9. The van der Waals surface area contributed by atoms with Gasteiger partial charge < -0.3 is 30.2 Å². The van der Waals surface area contributed by atoms with Gasteiger partial charge in [0.15, 0.2) is 11.5 Å². The Morgan fingerprint density at radius 2 is 1.81 bits per heavy atom. The highest BCUT2D eigenvalue weighted by Crippen LogP contribution is 2.42. The maximum atomic E-state index is 12.1. The molecule has 0 atom stereocenters. The molecule has 1 aliphatic heterocycles. The van der Waals surface area contributed by atoms with Crippen molar-refractivity contribution in [1.82, 2.24) is 20.8 Å². The Labute approximate surface area is 264 Å². The van der Waals surface area contributed by atoms with Crippen LogP contribution in [0.5, 0.6) is 11.5 Å². The summed E-state index contributed by atoms with van der Waals surface area (Å²) in [5, 5.41) is 18.4. The number of halogens is 1. The van der Waals surface area contributed by atoms with Gasteiger partial charge in [0.05, 0.1) is 32.3 Å². The van der Waals surface area contributed by atoms with E-state index in [4.69, 9.17) is 21.1 Å². The lowest BCUT2D eigenvalue weighted by Crippen LogP contribution is -2.27. The number of benzene rings is 2. The number of carbonyl (C=O) groups is 2. The fourth-order valence-corrected chi connectivity index (χ4v) is 6.82. The molecule has 0 radical (unpaired) electrons. The number of carbonyl (C=O) groups excluding carboxylic acids is 2. The number of nitrogens with one attached hydrogen (secondary N) is 5. The molecule has 0 bridgehead atoms. The molecule has 43 heavy (non-hydrogen) atoms. The number of unbranched alkanes of at least 4 members (excludes halogenated alkanes) is 1. The topological polar surface area (TPSA) is 129 Å². The zero-order chi connectivity index (χ0) is 30.6. The van der Waals surface area contributed by atoms with Crippen molar-refractivity contribution >= 4 is 61.8 Å². The van der Waals surface area contributed by atoms with E-state index in [1.165, 1.54) is 17.9 Å². The molecule has 232 valence electrons. The molecular weight excluding hydrogens is 610 g/mol. The second-order valence-electron chi connectivity index (χ2n) is 9.80. The van der Waals surface area contributed by atoms with Gasteiger partial charge in [-0.3, -0.25) is 15.0 Å². The molecule has 5 N–H and O–H groups in total. The zero-order valence-electron chi connectivity index (χ0n) is 24.6. The molecule has 0 saturated carbocycles. The maximum absolute atomic E-state index is 12.1. The van der Waals surface area contributed by atoms with Crippen LogP contribution in [0.2, 0.25) is 5.02 Å². The molecule has 0 spiro atoms. The molecule has 0 saturated heterocycles. The van der Waals surface area contributed by atoms with E-state index >= 15 is 0 Å². The first-order valence-electron chi connectivity index (χ1n) is 14.1. The molecular formula is C30H38ClN5O5S2. The highest BCUT2D eigenvalue weighted by Gasteiger charge is 2.20. The van der Waals surface area contributed by atoms with Crippen molar-refractivity contribution in [3.8, 4) is 22.8 Å². The molecule has 0 aromatic heterocycles. The lowest BCUT2D eigenvalue weighted by molar-refractivity contribution is -0.118. The first-order valence-corrected chi connectivity index (χ1v) is 16.9. The van der Waals surface area contributed by atoms with Crippen LogP contribution in [0.25, 0.3) is 22.0 Å². The van der Waals surface area contributed by atoms with E-state index in [9.17, 15) is 9.59 Å². The molecule has 13 heteroatoms. The number of anilines is 1. The number of amides is 2. The third kappa shape index (κ3) is 9.07. The molecule has 2 aromatic rings. The van der Waals surface area contributed by atoms with Gasteiger partial charge in [-0.25, -0.2) is 4.79 Å². The summed E-state index contributed by atoms with van der Waals surface area (Å²) in [6.07, 6.45) is 2.09. The first kappa shape index (κ1) is 32.6. The number of aryl methyl sites for hydroxylation is 1.